The molecule has 0 fully saturated rings. The summed E-state index contributed by atoms with van der Waals surface area (Å²) >= 11 is 0. The third-order valence-corrected chi connectivity index (χ3v) is 2.25. The molecule has 0 aromatic heterocycles. The molecule has 2 N–H and O–H groups in total. The molecular weight excluding hydrogens is 238 g/mol. The van der Waals surface area contributed by atoms with Crippen molar-refractivity contribution in [2.24, 2.45) is 10.9 Å². The van der Waals surface area contributed by atoms with E-state index in [1.165, 1.54) is 0 Å². The van der Waals surface area contributed by atoms with Gasteiger partial charge in [-0.1, -0.05) is 18.2 Å². The number of nitrogens with one attached hydrogen (secondary N) is 2. The van der Waals surface area contributed by atoms with Crippen molar-refractivity contribution >= 4 is 29.4 Å². The molecule has 0 bridgehead atoms. The average molecular weight is 246 g/mol. The summed E-state index contributed by atoms with van der Waals surface area (Å²) < 4.78 is 0. The van der Waals surface area contributed by atoms with E-state index in [9.17, 15) is 19.5 Å². The number of rotatable bonds is 2. The normalized spacial score (nSPS) is 18.9. The van der Waals surface area contributed by atoms with Gasteiger partial charge in [-0.05, 0) is 18.0 Å². The molecule has 0 radical (unpaired) electrons. The summed E-state index contributed by atoms with van der Waals surface area (Å²) in [5, 5.41) is 15.5. The maximum absolute atomic E-state index is 11.7. The molecule has 7 heteroatoms. The largest absolute Gasteiger partial charge is 0.861 e. The standard InChI is InChI=1S/C11H9N3O4/c15-8(12-6-4-2-1-3-5-6)7-9(16)13-11(18)14-10(7)17/h1-5,7H,(H,12,15)(H2,13,14,16,17,18)/p-1. The van der Waals surface area contributed by atoms with Crippen LogP contribution in [0.3, 0.4) is 0 Å². The highest BCUT2D eigenvalue weighted by atomic mass is 16.3. The molecule has 1 atom stereocenters. The number of anilines is 1. The Balaban J connectivity index is 2.17. The van der Waals surface area contributed by atoms with Crippen LogP contribution >= 0.6 is 0 Å². The first kappa shape index (κ1) is 11.8. The predicted octanol–water partition coefficient (Wildman–Crippen LogP) is -0.750. The molecule has 0 aliphatic carbocycles. The zero-order valence-corrected chi connectivity index (χ0v) is 9.04. The highest BCUT2D eigenvalue weighted by Crippen LogP contribution is 2.10. The Hall–Kier alpha value is -2.70. The van der Waals surface area contributed by atoms with E-state index in [1.54, 1.807) is 35.6 Å². The fourth-order valence-corrected chi connectivity index (χ4v) is 1.45. The van der Waals surface area contributed by atoms with Crippen LogP contribution in [0.15, 0.2) is 35.3 Å². The van der Waals surface area contributed by atoms with E-state index in [2.05, 4.69) is 10.3 Å². The van der Waals surface area contributed by atoms with E-state index >= 15 is 0 Å². The molecule has 1 aromatic carbocycles. The van der Waals surface area contributed by atoms with Gasteiger partial charge >= 0.3 is 6.03 Å². The third-order valence-electron chi connectivity index (χ3n) is 2.25. The first-order valence-corrected chi connectivity index (χ1v) is 5.04. The fourth-order valence-electron chi connectivity index (χ4n) is 1.45. The summed E-state index contributed by atoms with van der Waals surface area (Å²) in [5.41, 5.74) is 0.444. The van der Waals surface area contributed by atoms with Gasteiger partial charge in [-0.2, -0.15) is 0 Å². The number of hydrogen-bond donors (Lipinski definition) is 2. The summed E-state index contributed by atoms with van der Waals surface area (Å²) in [7, 11) is 0. The summed E-state index contributed by atoms with van der Waals surface area (Å²) in [4.78, 5) is 36.9. The Morgan fingerprint density at radius 2 is 1.94 bits per heavy atom. The number of hydrogen-bond acceptors (Lipinski definition) is 4. The van der Waals surface area contributed by atoms with Gasteiger partial charge in [0.2, 0.25) is 11.8 Å². The van der Waals surface area contributed by atoms with Crippen molar-refractivity contribution in [2.45, 2.75) is 0 Å². The highest BCUT2D eigenvalue weighted by Gasteiger charge is 2.32. The minimum Gasteiger partial charge on any atom is -0.861 e. The van der Waals surface area contributed by atoms with E-state index in [0.29, 0.717) is 5.69 Å². The van der Waals surface area contributed by atoms with Crippen LogP contribution in [0.25, 0.3) is 0 Å². The smallest absolute Gasteiger partial charge is 0.346 e. The first-order valence-electron chi connectivity index (χ1n) is 5.04. The van der Waals surface area contributed by atoms with Crippen LogP contribution in [-0.4, -0.2) is 23.7 Å². The summed E-state index contributed by atoms with van der Waals surface area (Å²) in [6.07, 6.45) is 0. The molecule has 92 valence electrons. The van der Waals surface area contributed by atoms with Gasteiger partial charge in [0.05, 0.1) is 0 Å². The number of imide groups is 1. The predicted molar refractivity (Wildman–Crippen MR) is 59.5 cm³/mol. The number of urea groups is 1. The number of benzene rings is 1. The van der Waals surface area contributed by atoms with E-state index in [-0.39, 0.29) is 0 Å². The maximum atomic E-state index is 11.7. The minimum atomic E-state index is -1.62. The number of aliphatic imine (C=N–C) groups is 1. The van der Waals surface area contributed by atoms with Crippen LogP contribution in [0.1, 0.15) is 0 Å². The molecule has 1 aromatic rings. The third kappa shape index (κ3) is 2.34. The highest BCUT2D eigenvalue weighted by molar-refractivity contribution is 6.25. The molecule has 4 amide bonds. The van der Waals surface area contributed by atoms with E-state index in [0.717, 1.165) is 0 Å². The SMILES string of the molecule is O=C1N=C([O-])C(C(=O)Nc2ccccc2)C(=O)N1. The second-order valence-electron chi connectivity index (χ2n) is 3.53. The van der Waals surface area contributed by atoms with Gasteiger partial charge in [0.1, 0.15) is 5.92 Å². The van der Waals surface area contributed by atoms with Crippen LogP contribution < -0.4 is 15.7 Å². The molecule has 18 heavy (non-hydrogen) atoms. The van der Waals surface area contributed by atoms with Crippen molar-refractivity contribution in [1.82, 2.24) is 5.32 Å². The summed E-state index contributed by atoms with van der Waals surface area (Å²) in [5.74, 6) is -4.46. The van der Waals surface area contributed by atoms with Crippen LogP contribution in [0, 0.1) is 5.92 Å². The van der Waals surface area contributed by atoms with Crippen molar-refractivity contribution in [2.75, 3.05) is 5.32 Å². The molecule has 1 aliphatic heterocycles. The Bertz CT molecular complexity index is 538. The van der Waals surface area contributed by atoms with Gasteiger partial charge in [0, 0.05) is 5.69 Å². The van der Waals surface area contributed by atoms with Gasteiger partial charge in [-0.25, -0.2) is 9.79 Å². The Kier molecular flexibility index (Phi) is 3.05. The lowest BCUT2D eigenvalue weighted by Gasteiger charge is -2.24. The molecule has 2 rings (SSSR count). The zero-order valence-electron chi connectivity index (χ0n) is 9.04. The molecule has 0 saturated carbocycles. The van der Waals surface area contributed by atoms with Gasteiger partial charge in [0.15, 0.2) is 0 Å². The molecular formula is C11H8N3O4-. The van der Waals surface area contributed by atoms with Crippen LogP contribution in [0.4, 0.5) is 10.5 Å². The van der Waals surface area contributed by atoms with E-state index < -0.39 is 29.7 Å². The van der Waals surface area contributed by atoms with Gasteiger partial charge < -0.3 is 10.4 Å². The average Bonchev–Trinajstić information content (AvgIpc) is 2.28. The monoisotopic (exact) mass is 246 g/mol. The van der Waals surface area contributed by atoms with Crippen LogP contribution in [0.5, 0.6) is 0 Å². The summed E-state index contributed by atoms with van der Waals surface area (Å²) in [6.45, 7) is 0. The van der Waals surface area contributed by atoms with E-state index in [1.807, 2.05) is 0 Å². The van der Waals surface area contributed by atoms with Gasteiger partial charge in [-0.3, -0.25) is 14.9 Å². The van der Waals surface area contributed by atoms with Crippen molar-refractivity contribution in [3.05, 3.63) is 30.3 Å². The Morgan fingerprint density at radius 3 is 2.56 bits per heavy atom. The number of amides is 4. The molecule has 0 spiro atoms. The molecule has 7 nitrogen and oxygen atoms in total. The summed E-state index contributed by atoms with van der Waals surface area (Å²) in [6, 6.07) is 7.28. The number of nitrogens with zero attached hydrogens (tertiary/aromatic N) is 1. The Morgan fingerprint density at radius 1 is 1.28 bits per heavy atom. The molecule has 1 heterocycles. The second-order valence-corrected chi connectivity index (χ2v) is 3.53. The molecule has 1 aliphatic rings. The van der Waals surface area contributed by atoms with Crippen molar-refractivity contribution < 1.29 is 19.5 Å². The maximum Gasteiger partial charge on any atom is 0.346 e. The fraction of sp³-hybridized carbons (Fsp3) is 0.0909. The second kappa shape index (κ2) is 4.66. The lowest BCUT2D eigenvalue weighted by molar-refractivity contribution is -0.222. The zero-order chi connectivity index (χ0) is 13.1. The molecule has 0 saturated heterocycles. The number of carbonyl (C=O) groups is 3. The topological polar surface area (TPSA) is 111 Å². The van der Waals surface area contributed by atoms with Crippen molar-refractivity contribution in [3.63, 3.8) is 0 Å². The van der Waals surface area contributed by atoms with Gasteiger partial charge in [0.25, 0.3) is 0 Å². The lowest BCUT2D eigenvalue weighted by Crippen LogP contribution is -2.52. The van der Waals surface area contributed by atoms with Crippen LogP contribution in [-0.2, 0) is 9.59 Å². The minimum absolute atomic E-state index is 0.444. The lowest BCUT2D eigenvalue weighted by atomic mass is 10.1. The van der Waals surface area contributed by atoms with Crippen LogP contribution in [0.2, 0.25) is 0 Å². The first-order chi connectivity index (χ1) is 8.58. The number of carbonyl (C=O) groups excluding carboxylic acids is 3. The van der Waals surface area contributed by atoms with Crippen molar-refractivity contribution in [3.8, 4) is 0 Å². The van der Waals surface area contributed by atoms with E-state index in [4.69, 9.17) is 0 Å². The molecule has 1 unspecified atom stereocenters. The van der Waals surface area contributed by atoms with Gasteiger partial charge in [-0.15, -0.1) is 0 Å². The Labute approximate surface area is 102 Å². The van der Waals surface area contributed by atoms with Crippen molar-refractivity contribution in [1.29, 1.82) is 0 Å². The quantitative estimate of drug-likeness (QED) is 0.669. The number of para-hydroxylation sites is 1.